The molecule has 1 N–H and O–H groups in total. The fourth-order valence-corrected chi connectivity index (χ4v) is 3.44. The van der Waals surface area contributed by atoms with E-state index < -0.39 is 0 Å². The van der Waals surface area contributed by atoms with Crippen LogP contribution >= 0.6 is 0 Å². The molecular formula is C25H33NO2. The Labute approximate surface area is 169 Å². The van der Waals surface area contributed by atoms with E-state index in [-0.39, 0.29) is 0 Å². The van der Waals surface area contributed by atoms with E-state index in [1.807, 2.05) is 42.5 Å². The highest BCUT2D eigenvalue weighted by Gasteiger charge is 2.13. The molecule has 3 heteroatoms. The van der Waals surface area contributed by atoms with Crippen LogP contribution in [0.5, 0.6) is 11.5 Å². The fourth-order valence-electron chi connectivity index (χ4n) is 3.44. The largest absolute Gasteiger partial charge is 0.457 e. The third-order valence-corrected chi connectivity index (χ3v) is 5.06. The number of allylic oxidation sites excluding steroid dienone is 1. The van der Waals surface area contributed by atoms with Crippen LogP contribution in [-0.4, -0.2) is 25.8 Å². The molecule has 1 aliphatic rings. The third kappa shape index (κ3) is 7.87. The second-order valence-corrected chi connectivity index (χ2v) is 7.46. The van der Waals surface area contributed by atoms with Crippen LogP contribution in [0.2, 0.25) is 0 Å². The molecule has 3 rings (SSSR count). The maximum absolute atomic E-state index is 5.82. The lowest BCUT2D eigenvalue weighted by atomic mass is 10.1. The number of rotatable bonds is 12. The van der Waals surface area contributed by atoms with Gasteiger partial charge in [-0.3, -0.25) is 0 Å². The third-order valence-electron chi connectivity index (χ3n) is 5.06. The van der Waals surface area contributed by atoms with Crippen LogP contribution in [0.1, 0.15) is 50.5 Å². The summed E-state index contributed by atoms with van der Waals surface area (Å²) in [6, 6.07) is 18.7. The highest BCUT2D eigenvalue weighted by atomic mass is 16.5. The molecule has 0 amide bonds. The molecule has 2 aromatic rings. The first kappa shape index (κ1) is 20.6. The highest BCUT2D eigenvalue weighted by Crippen LogP contribution is 2.21. The minimum absolute atomic E-state index is 0.601. The van der Waals surface area contributed by atoms with Gasteiger partial charge in [0, 0.05) is 12.6 Å². The Morgan fingerprint density at radius 2 is 1.68 bits per heavy atom. The summed E-state index contributed by atoms with van der Waals surface area (Å²) in [7, 11) is 0. The van der Waals surface area contributed by atoms with E-state index in [0.717, 1.165) is 37.7 Å². The Bertz CT molecular complexity index is 675. The summed E-state index contributed by atoms with van der Waals surface area (Å²) in [6.45, 7) is 2.95. The molecule has 0 unspecified atom stereocenters. The van der Waals surface area contributed by atoms with Gasteiger partial charge in [-0.25, -0.2) is 0 Å². The van der Waals surface area contributed by atoms with Crippen molar-refractivity contribution >= 4 is 6.08 Å². The quantitative estimate of drug-likeness (QED) is 0.445. The molecule has 1 fully saturated rings. The van der Waals surface area contributed by atoms with Gasteiger partial charge in [-0.1, -0.05) is 55.3 Å². The lowest BCUT2D eigenvalue weighted by Crippen LogP contribution is -2.26. The zero-order valence-electron chi connectivity index (χ0n) is 16.8. The van der Waals surface area contributed by atoms with Gasteiger partial charge >= 0.3 is 0 Å². The van der Waals surface area contributed by atoms with E-state index in [2.05, 4.69) is 29.6 Å². The van der Waals surface area contributed by atoms with Gasteiger partial charge in [0.15, 0.2) is 0 Å². The summed E-state index contributed by atoms with van der Waals surface area (Å²) in [5.41, 5.74) is 1.22. The van der Waals surface area contributed by atoms with E-state index in [1.165, 1.54) is 44.1 Å². The average Bonchev–Trinajstić information content (AvgIpc) is 3.25. The SMILES string of the molecule is C(=C\c1ccc(Oc2ccccc2)cc1)/CCCCCCOC[C@@H]1CCCN1. The molecule has 1 atom stereocenters. The van der Waals surface area contributed by atoms with Crippen LogP contribution < -0.4 is 10.1 Å². The van der Waals surface area contributed by atoms with Crippen LogP contribution in [0.25, 0.3) is 6.08 Å². The summed E-state index contributed by atoms with van der Waals surface area (Å²) in [5.74, 6) is 1.74. The maximum Gasteiger partial charge on any atom is 0.127 e. The van der Waals surface area contributed by atoms with Crippen LogP contribution in [0.4, 0.5) is 0 Å². The van der Waals surface area contributed by atoms with Crippen LogP contribution in [0, 0.1) is 0 Å². The Balaban J connectivity index is 1.22. The predicted octanol–water partition coefficient (Wildman–Crippen LogP) is 6.21. The van der Waals surface area contributed by atoms with Crippen molar-refractivity contribution in [3.8, 4) is 11.5 Å². The van der Waals surface area contributed by atoms with Crippen molar-refractivity contribution in [2.75, 3.05) is 19.8 Å². The van der Waals surface area contributed by atoms with E-state index >= 15 is 0 Å². The molecule has 0 aliphatic carbocycles. The number of hydrogen-bond acceptors (Lipinski definition) is 3. The number of unbranched alkanes of at least 4 members (excludes halogenated alkanes) is 4. The summed E-state index contributed by atoms with van der Waals surface area (Å²) in [5, 5.41) is 3.47. The Hall–Kier alpha value is -2.10. The first-order valence-electron chi connectivity index (χ1n) is 10.7. The number of benzene rings is 2. The first-order valence-corrected chi connectivity index (χ1v) is 10.7. The van der Waals surface area contributed by atoms with Crippen LogP contribution in [0.15, 0.2) is 60.7 Å². The standard InChI is InChI=1S/C25H33NO2/c1(2-4-9-20-27-21-23-12-10-19-26-23)3-6-11-22-15-17-25(18-16-22)28-24-13-7-5-8-14-24/h5-8,11,13-18,23,26H,1-4,9-10,12,19-21H2/b11-6+/t23-/m0/s1. The molecule has 1 heterocycles. The summed E-state index contributed by atoms with van der Waals surface area (Å²) in [4.78, 5) is 0. The zero-order valence-corrected chi connectivity index (χ0v) is 16.8. The maximum atomic E-state index is 5.82. The molecule has 1 saturated heterocycles. The van der Waals surface area contributed by atoms with Crippen molar-refractivity contribution in [1.82, 2.24) is 5.32 Å². The number of hydrogen-bond donors (Lipinski definition) is 1. The van der Waals surface area contributed by atoms with Crippen molar-refractivity contribution < 1.29 is 9.47 Å². The van der Waals surface area contributed by atoms with Crippen LogP contribution in [-0.2, 0) is 4.74 Å². The van der Waals surface area contributed by atoms with Gasteiger partial charge in [-0.05, 0) is 68.5 Å². The molecule has 2 aromatic carbocycles. The van der Waals surface area contributed by atoms with Gasteiger partial charge in [0.05, 0.1) is 6.61 Å². The molecule has 0 bridgehead atoms. The lowest BCUT2D eigenvalue weighted by Gasteiger charge is -2.10. The van der Waals surface area contributed by atoms with E-state index in [9.17, 15) is 0 Å². The van der Waals surface area contributed by atoms with Crippen molar-refractivity contribution in [3.05, 3.63) is 66.2 Å². The van der Waals surface area contributed by atoms with Gasteiger partial charge in [-0.2, -0.15) is 0 Å². The molecule has 0 saturated carbocycles. The normalized spacial score (nSPS) is 16.6. The van der Waals surface area contributed by atoms with Crippen molar-refractivity contribution in [2.24, 2.45) is 0 Å². The number of ether oxygens (including phenoxy) is 2. The molecular weight excluding hydrogens is 346 g/mol. The van der Waals surface area contributed by atoms with Crippen LogP contribution in [0.3, 0.4) is 0 Å². The van der Waals surface area contributed by atoms with Crippen molar-refractivity contribution in [2.45, 2.75) is 51.0 Å². The predicted molar refractivity (Wildman–Crippen MR) is 117 cm³/mol. The van der Waals surface area contributed by atoms with Crippen molar-refractivity contribution in [1.29, 1.82) is 0 Å². The first-order chi connectivity index (χ1) is 13.9. The number of para-hydroxylation sites is 1. The second-order valence-electron chi connectivity index (χ2n) is 7.46. The summed E-state index contributed by atoms with van der Waals surface area (Å²) < 4.78 is 11.6. The zero-order chi connectivity index (χ0) is 19.3. The minimum Gasteiger partial charge on any atom is -0.457 e. The van der Waals surface area contributed by atoms with E-state index in [1.54, 1.807) is 0 Å². The molecule has 28 heavy (non-hydrogen) atoms. The monoisotopic (exact) mass is 379 g/mol. The van der Waals surface area contributed by atoms with Gasteiger partial charge in [0.25, 0.3) is 0 Å². The van der Waals surface area contributed by atoms with E-state index in [0.29, 0.717) is 6.04 Å². The lowest BCUT2D eigenvalue weighted by molar-refractivity contribution is 0.112. The van der Waals surface area contributed by atoms with Gasteiger partial charge in [-0.15, -0.1) is 0 Å². The average molecular weight is 380 g/mol. The fraction of sp³-hybridized carbons (Fsp3) is 0.440. The van der Waals surface area contributed by atoms with Gasteiger partial charge in [0.2, 0.25) is 0 Å². The van der Waals surface area contributed by atoms with Gasteiger partial charge < -0.3 is 14.8 Å². The minimum atomic E-state index is 0.601. The van der Waals surface area contributed by atoms with Crippen molar-refractivity contribution in [3.63, 3.8) is 0 Å². The molecule has 3 nitrogen and oxygen atoms in total. The smallest absolute Gasteiger partial charge is 0.127 e. The molecule has 0 radical (unpaired) electrons. The molecule has 0 aromatic heterocycles. The summed E-state index contributed by atoms with van der Waals surface area (Å²) >= 11 is 0. The highest BCUT2D eigenvalue weighted by molar-refractivity contribution is 5.50. The molecule has 1 aliphatic heterocycles. The second kappa shape index (κ2) is 12.4. The van der Waals surface area contributed by atoms with Gasteiger partial charge in [0.1, 0.15) is 11.5 Å². The summed E-state index contributed by atoms with van der Waals surface area (Å²) in [6.07, 6.45) is 13.1. The van der Waals surface area contributed by atoms with E-state index in [4.69, 9.17) is 9.47 Å². The Morgan fingerprint density at radius 3 is 2.46 bits per heavy atom. The topological polar surface area (TPSA) is 30.5 Å². The Kier molecular flexibility index (Phi) is 9.12. The molecule has 0 spiro atoms. The number of nitrogens with one attached hydrogen (secondary N) is 1. The molecule has 150 valence electrons. The Morgan fingerprint density at radius 1 is 0.893 bits per heavy atom.